The molecule has 0 aliphatic carbocycles. The SMILES string of the molecule is CCCOc1c(Br)cc(CNc2cccc3ccccc23)cc1OCC. The monoisotopic (exact) mass is 413 g/mol. The first-order valence-electron chi connectivity index (χ1n) is 9.02. The molecule has 3 aromatic carbocycles. The van der Waals surface area contributed by atoms with Crippen LogP contribution in [-0.2, 0) is 6.54 Å². The minimum Gasteiger partial charge on any atom is -0.490 e. The summed E-state index contributed by atoms with van der Waals surface area (Å²) in [5, 5.41) is 6.00. The van der Waals surface area contributed by atoms with E-state index in [2.05, 4.69) is 82.8 Å². The van der Waals surface area contributed by atoms with E-state index in [9.17, 15) is 0 Å². The van der Waals surface area contributed by atoms with Gasteiger partial charge in [-0.1, -0.05) is 43.3 Å². The van der Waals surface area contributed by atoms with Gasteiger partial charge < -0.3 is 14.8 Å². The molecule has 0 aliphatic rings. The van der Waals surface area contributed by atoms with E-state index in [0.29, 0.717) is 19.8 Å². The average molecular weight is 414 g/mol. The van der Waals surface area contributed by atoms with E-state index in [0.717, 1.165) is 33.6 Å². The molecule has 0 fully saturated rings. The molecule has 1 N–H and O–H groups in total. The maximum absolute atomic E-state index is 5.85. The first kappa shape index (κ1) is 18.6. The number of nitrogens with one attached hydrogen (secondary N) is 1. The van der Waals surface area contributed by atoms with E-state index < -0.39 is 0 Å². The quantitative estimate of drug-likeness (QED) is 0.463. The van der Waals surface area contributed by atoms with Crippen LogP contribution in [0, 0.1) is 0 Å². The van der Waals surface area contributed by atoms with Crippen LogP contribution in [0.1, 0.15) is 25.8 Å². The number of ether oxygens (including phenoxy) is 2. The van der Waals surface area contributed by atoms with E-state index >= 15 is 0 Å². The van der Waals surface area contributed by atoms with E-state index in [1.165, 1.54) is 10.8 Å². The second-order valence-electron chi connectivity index (χ2n) is 6.07. The number of hydrogen-bond donors (Lipinski definition) is 1. The van der Waals surface area contributed by atoms with Crippen LogP contribution in [0.4, 0.5) is 5.69 Å². The van der Waals surface area contributed by atoms with Crippen molar-refractivity contribution in [3.8, 4) is 11.5 Å². The summed E-state index contributed by atoms with van der Waals surface area (Å²) in [5.41, 5.74) is 2.26. The van der Waals surface area contributed by atoms with E-state index in [1.54, 1.807) is 0 Å². The molecular formula is C22H24BrNO2. The third-order valence-electron chi connectivity index (χ3n) is 4.09. The molecule has 3 rings (SSSR count). The molecule has 3 aromatic rings. The van der Waals surface area contributed by atoms with Gasteiger partial charge in [0.1, 0.15) is 0 Å². The lowest BCUT2D eigenvalue weighted by atomic mass is 10.1. The Morgan fingerprint density at radius 1 is 0.962 bits per heavy atom. The van der Waals surface area contributed by atoms with Gasteiger partial charge in [-0.3, -0.25) is 0 Å². The molecule has 0 saturated heterocycles. The van der Waals surface area contributed by atoms with Crippen LogP contribution in [0.5, 0.6) is 11.5 Å². The van der Waals surface area contributed by atoms with Crippen molar-refractivity contribution >= 4 is 32.4 Å². The van der Waals surface area contributed by atoms with Gasteiger partial charge in [0.05, 0.1) is 17.7 Å². The van der Waals surface area contributed by atoms with Crippen LogP contribution in [0.2, 0.25) is 0 Å². The predicted octanol–water partition coefficient (Wildman–Crippen LogP) is 6.40. The standard InChI is InChI=1S/C22H24BrNO2/c1-3-12-26-22-19(23)13-16(14-21(22)25-4-2)15-24-20-11-7-9-17-8-5-6-10-18(17)20/h5-11,13-14,24H,3-4,12,15H2,1-2H3. The fraction of sp³-hybridized carbons (Fsp3) is 0.273. The van der Waals surface area contributed by atoms with Gasteiger partial charge >= 0.3 is 0 Å². The average Bonchev–Trinajstić information content (AvgIpc) is 2.66. The van der Waals surface area contributed by atoms with Gasteiger partial charge in [-0.05, 0) is 58.4 Å². The molecule has 0 saturated carbocycles. The first-order chi connectivity index (χ1) is 12.7. The molecule has 4 heteroatoms. The Morgan fingerprint density at radius 2 is 1.77 bits per heavy atom. The Hall–Kier alpha value is -2.20. The van der Waals surface area contributed by atoms with Crippen molar-refractivity contribution in [3.05, 3.63) is 64.6 Å². The fourth-order valence-electron chi connectivity index (χ4n) is 2.91. The van der Waals surface area contributed by atoms with Crippen molar-refractivity contribution in [2.75, 3.05) is 18.5 Å². The summed E-state index contributed by atoms with van der Waals surface area (Å²) >= 11 is 3.63. The third kappa shape index (κ3) is 4.31. The summed E-state index contributed by atoms with van der Waals surface area (Å²) in [6, 6.07) is 18.9. The van der Waals surface area contributed by atoms with Crippen LogP contribution in [0.15, 0.2) is 59.1 Å². The molecular weight excluding hydrogens is 390 g/mol. The number of halogens is 1. The molecule has 0 aromatic heterocycles. The number of rotatable bonds is 8. The first-order valence-corrected chi connectivity index (χ1v) is 9.81. The minimum absolute atomic E-state index is 0.606. The van der Waals surface area contributed by atoms with E-state index in [1.807, 2.05) is 6.92 Å². The number of benzene rings is 3. The molecule has 0 amide bonds. The molecule has 0 unspecified atom stereocenters. The normalized spacial score (nSPS) is 10.7. The summed E-state index contributed by atoms with van der Waals surface area (Å²) in [6.45, 7) is 6.07. The fourth-order valence-corrected chi connectivity index (χ4v) is 3.51. The Kier molecular flexibility index (Phi) is 6.40. The Morgan fingerprint density at radius 3 is 2.58 bits per heavy atom. The van der Waals surface area contributed by atoms with Gasteiger partial charge in [-0.25, -0.2) is 0 Å². The van der Waals surface area contributed by atoms with Gasteiger partial charge in [0.25, 0.3) is 0 Å². The van der Waals surface area contributed by atoms with Crippen LogP contribution < -0.4 is 14.8 Å². The van der Waals surface area contributed by atoms with Crippen molar-refractivity contribution in [3.63, 3.8) is 0 Å². The maximum Gasteiger partial charge on any atom is 0.175 e. The molecule has 0 spiro atoms. The van der Waals surface area contributed by atoms with E-state index in [4.69, 9.17) is 9.47 Å². The lowest BCUT2D eigenvalue weighted by Gasteiger charge is -2.16. The summed E-state index contributed by atoms with van der Waals surface area (Å²) < 4.78 is 12.6. The molecule has 26 heavy (non-hydrogen) atoms. The highest BCUT2D eigenvalue weighted by atomic mass is 79.9. The van der Waals surface area contributed by atoms with Crippen LogP contribution in [0.3, 0.4) is 0 Å². The van der Waals surface area contributed by atoms with Gasteiger partial charge in [0.15, 0.2) is 11.5 Å². The topological polar surface area (TPSA) is 30.5 Å². The van der Waals surface area contributed by atoms with Gasteiger partial charge in [-0.2, -0.15) is 0 Å². The van der Waals surface area contributed by atoms with Gasteiger partial charge in [0, 0.05) is 17.6 Å². The molecule has 0 aliphatic heterocycles. The lowest BCUT2D eigenvalue weighted by Crippen LogP contribution is -2.04. The zero-order valence-corrected chi connectivity index (χ0v) is 16.8. The summed E-state index contributed by atoms with van der Waals surface area (Å²) in [7, 11) is 0. The molecule has 0 bridgehead atoms. The van der Waals surface area contributed by atoms with Gasteiger partial charge in [0.2, 0.25) is 0 Å². The van der Waals surface area contributed by atoms with Crippen LogP contribution in [-0.4, -0.2) is 13.2 Å². The maximum atomic E-state index is 5.85. The van der Waals surface area contributed by atoms with Crippen molar-refractivity contribution in [2.45, 2.75) is 26.8 Å². The summed E-state index contributed by atoms with van der Waals surface area (Å²) in [4.78, 5) is 0. The summed E-state index contributed by atoms with van der Waals surface area (Å²) in [6.07, 6.45) is 0.961. The lowest BCUT2D eigenvalue weighted by molar-refractivity contribution is 0.275. The highest BCUT2D eigenvalue weighted by Crippen LogP contribution is 2.37. The van der Waals surface area contributed by atoms with Crippen molar-refractivity contribution < 1.29 is 9.47 Å². The zero-order chi connectivity index (χ0) is 18.4. The zero-order valence-electron chi connectivity index (χ0n) is 15.2. The number of fused-ring (bicyclic) bond motifs is 1. The predicted molar refractivity (Wildman–Crippen MR) is 112 cm³/mol. The Labute approximate surface area is 163 Å². The van der Waals surface area contributed by atoms with Gasteiger partial charge in [-0.15, -0.1) is 0 Å². The smallest absolute Gasteiger partial charge is 0.175 e. The highest BCUT2D eigenvalue weighted by molar-refractivity contribution is 9.10. The Balaban J connectivity index is 1.83. The largest absolute Gasteiger partial charge is 0.490 e. The third-order valence-corrected chi connectivity index (χ3v) is 4.68. The molecule has 3 nitrogen and oxygen atoms in total. The van der Waals surface area contributed by atoms with Crippen LogP contribution >= 0.6 is 15.9 Å². The number of hydrogen-bond acceptors (Lipinski definition) is 3. The Bertz CT molecular complexity index is 874. The van der Waals surface area contributed by atoms with Crippen molar-refractivity contribution in [1.82, 2.24) is 0 Å². The molecule has 0 atom stereocenters. The molecule has 0 heterocycles. The highest BCUT2D eigenvalue weighted by Gasteiger charge is 2.12. The van der Waals surface area contributed by atoms with E-state index in [-0.39, 0.29) is 0 Å². The van der Waals surface area contributed by atoms with Crippen molar-refractivity contribution in [2.24, 2.45) is 0 Å². The summed E-state index contributed by atoms with van der Waals surface area (Å²) in [5.74, 6) is 1.56. The second kappa shape index (κ2) is 8.95. The minimum atomic E-state index is 0.606. The molecule has 0 radical (unpaired) electrons. The van der Waals surface area contributed by atoms with Crippen LogP contribution in [0.25, 0.3) is 10.8 Å². The number of anilines is 1. The molecule has 136 valence electrons. The van der Waals surface area contributed by atoms with Crippen molar-refractivity contribution in [1.29, 1.82) is 0 Å². The second-order valence-corrected chi connectivity index (χ2v) is 6.92.